The lowest BCUT2D eigenvalue weighted by atomic mass is 10.2. The molecule has 1 aliphatic heterocycles. The first-order valence-electron chi connectivity index (χ1n) is 6.04. The van der Waals surface area contributed by atoms with Gasteiger partial charge in [0, 0.05) is 18.4 Å². The number of hydrogen-bond donors (Lipinski definition) is 0. The SMILES string of the molecule is CCCc1nnsc1C(=O)N1CCOC(CBr)C1. The minimum atomic E-state index is 0.0442. The zero-order chi connectivity index (χ0) is 13.0. The van der Waals surface area contributed by atoms with Crippen LogP contribution < -0.4 is 0 Å². The number of aryl methyl sites for hydroxylation is 1. The van der Waals surface area contributed by atoms with Crippen LogP contribution in [0.2, 0.25) is 0 Å². The first-order chi connectivity index (χ1) is 8.76. The lowest BCUT2D eigenvalue weighted by Gasteiger charge is -2.31. The van der Waals surface area contributed by atoms with E-state index in [1.807, 2.05) is 4.90 Å². The minimum absolute atomic E-state index is 0.0442. The van der Waals surface area contributed by atoms with Gasteiger partial charge in [0.05, 0.1) is 18.4 Å². The Hall–Kier alpha value is -0.530. The smallest absolute Gasteiger partial charge is 0.267 e. The summed E-state index contributed by atoms with van der Waals surface area (Å²) in [6.07, 6.45) is 1.86. The van der Waals surface area contributed by atoms with Gasteiger partial charge in [-0.3, -0.25) is 4.79 Å². The van der Waals surface area contributed by atoms with E-state index < -0.39 is 0 Å². The number of hydrogen-bond acceptors (Lipinski definition) is 5. The van der Waals surface area contributed by atoms with Gasteiger partial charge in [0.15, 0.2) is 0 Å². The molecule has 2 rings (SSSR count). The summed E-state index contributed by atoms with van der Waals surface area (Å²) in [4.78, 5) is 14.9. The Morgan fingerprint density at radius 2 is 2.50 bits per heavy atom. The Bertz CT molecular complexity index is 413. The van der Waals surface area contributed by atoms with E-state index in [1.165, 1.54) is 11.5 Å². The molecule has 100 valence electrons. The standard InChI is InChI=1S/C11H16BrN3O2S/c1-2-3-9-10(18-14-13-9)11(16)15-4-5-17-8(6-12)7-15/h8H,2-7H2,1H3. The molecule has 0 radical (unpaired) electrons. The fraction of sp³-hybridized carbons (Fsp3) is 0.727. The molecule has 0 aliphatic carbocycles. The van der Waals surface area contributed by atoms with Gasteiger partial charge in [0.2, 0.25) is 0 Å². The molecule has 1 atom stereocenters. The second-order valence-corrected chi connectivity index (χ2v) is 5.60. The first kappa shape index (κ1) is 13.9. The highest BCUT2D eigenvalue weighted by Crippen LogP contribution is 2.18. The van der Waals surface area contributed by atoms with E-state index in [0.717, 1.165) is 23.9 Å². The normalized spacial score (nSPS) is 20.1. The zero-order valence-electron chi connectivity index (χ0n) is 10.3. The zero-order valence-corrected chi connectivity index (χ0v) is 12.7. The third-order valence-corrected chi connectivity index (χ3v) is 4.31. The first-order valence-corrected chi connectivity index (χ1v) is 7.93. The molecular weight excluding hydrogens is 318 g/mol. The molecule has 1 aliphatic rings. The van der Waals surface area contributed by atoms with Crippen LogP contribution in [0.3, 0.4) is 0 Å². The highest BCUT2D eigenvalue weighted by Gasteiger charge is 2.27. The molecule has 0 N–H and O–H groups in total. The predicted molar refractivity (Wildman–Crippen MR) is 73.3 cm³/mol. The fourth-order valence-electron chi connectivity index (χ4n) is 1.91. The van der Waals surface area contributed by atoms with Crippen molar-refractivity contribution >= 4 is 33.4 Å². The van der Waals surface area contributed by atoms with Crippen LogP contribution >= 0.6 is 27.5 Å². The van der Waals surface area contributed by atoms with E-state index in [0.29, 0.717) is 24.6 Å². The highest BCUT2D eigenvalue weighted by atomic mass is 79.9. The highest BCUT2D eigenvalue weighted by molar-refractivity contribution is 9.09. The summed E-state index contributed by atoms with van der Waals surface area (Å²) in [6.45, 7) is 3.94. The van der Waals surface area contributed by atoms with Gasteiger partial charge in [-0.15, -0.1) is 5.10 Å². The van der Waals surface area contributed by atoms with Gasteiger partial charge in [-0.05, 0) is 18.0 Å². The van der Waals surface area contributed by atoms with E-state index in [-0.39, 0.29) is 12.0 Å². The average molecular weight is 334 g/mol. The van der Waals surface area contributed by atoms with Gasteiger partial charge in [0.1, 0.15) is 4.88 Å². The van der Waals surface area contributed by atoms with Crippen molar-refractivity contribution in [2.45, 2.75) is 25.9 Å². The van der Waals surface area contributed by atoms with Crippen molar-refractivity contribution in [1.82, 2.24) is 14.5 Å². The number of amides is 1. The van der Waals surface area contributed by atoms with Crippen molar-refractivity contribution in [3.8, 4) is 0 Å². The number of halogens is 1. The summed E-state index contributed by atoms with van der Waals surface area (Å²) < 4.78 is 9.43. The molecule has 0 bridgehead atoms. The summed E-state index contributed by atoms with van der Waals surface area (Å²) in [5.74, 6) is 0.0442. The number of ether oxygens (including phenoxy) is 1. The molecule has 0 spiro atoms. The van der Waals surface area contributed by atoms with E-state index >= 15 is 0 Å². The van der Waals surface area contributed by atoms with E-state index in [2.05, 4.69) is 32.4 Å². The van der Waals surface area contributed by atoms with Crippen molar-refractivity contribution < 1.29 is 9.53 Å². The second kappa shape index (κ2) is 6.58. The number of nitrogens with zero attached hydrogens (tertiary/aromatic N) is 3. The molecule has 0 saturated carbocycles. The maximum atomic E-state index is 12.4. The third-order valence-electron chi connectivity index (χ3n) is 2.83. The quantitative estimate of drug-likeness (QED) is 0.787. The molecule has 1 fully saturated rings. The Balaban J connectivity index is 2.08. The topological polar surface area (TPSA) is 55.3 Å². The van der Waals surface area contributed by atoms with Gasteiger partial charge in [-0.1, -0.05) is 33.8 Å². The number of morpholine rings is 1. The number of alkyl halides is 1. The van der Waals surface area contributed by atoms with Gasteiger partial charge >= 0.3 is 0 Å². The summed E-state index contributed by atoms with van der Waals surface area (Å²) in [5, 5.41) is 4.79. The van der Waals surface area contributed by atoms with Crippen LogP contribution in [0, 0.1) is 0 Å². The fourth-order valence-corrected chi connectivity index (χ4v) is 2.98. The van der Waals surface area contributed by atoms with Crippen LogP contribution in [0.5, 0.6) is 0 Å². The van der Waals surface area contributed by atoms with Crippen LogP contribution in [0.25, 0.3) is 0 Å². The molecule has 0 aromatic carbocycles. The van der Waals surface area contributed by atoms with E-state index in [9.17, 15) is 4.79 Å². The van der Waals surface area contributed by atoms with Gasteiger partial charge in [-0.2, -0.15) is 0 Å². The van der Waals surface area contributed by atoms with Gasteiger partial charge < -0.3 is 9.64 Å². The molecule has 1 saturated heterocycles. The summed E-state index contributed by atoms with van der Waals surface area (Å²) >= 11 is 4.59. The van der Waals surface area contributed by atoms with Crippen molar-refractivity contribution in [1.29, 1.82) is 0 Å². The maximum absolute atomic E-state index is 12.4. The van der Waals surface area contributed by atoms with E-state index in [4.69, 9.17) is 4.74 Å². The predicted octanol–water partition coefficient (Wildman–Crippen LogP) is 1.73. The summed E-state index contributed by atoms with van der Waals surface area (Å²) in [7, 11) is 0. The molecule has 5 nitrogen and oxygen atoms in total. The van der Waals surface area contributed by atoms with Crippen LogP contribution in [-0.2, 0) is 11.2 Å². The van der Waals surface area contributed by atoms with Crippen LogP contribution in [0.4, 0.5) is 0 Å². The number of carbonyl (C=O) groups is 1. The van der Waals surface area contributed by atoms with Crippen molar-refractivity contribution in [2.75, 3.05) is 25.0 Å². The second-order valence-electron chi connectivity index (χ2n) is 4.20. The molecular formula is C11H16BrN3O2S. The van der Waals surface area contributed by atoms with Crippen LogP contribution in [0.1, 0.15) is 28.7 Å². The minimum Gasteiger partial charge on any atom is -0.374 e. The van der Waals surface area contributed by atoms with Crippen molar-refractivity contribution in [3.63, 3.8) is 0 Å². The number of carbonyl (C=O) groups excluding carboxylic acids is 1. The molecule has 1 amide bonds. The van der Waals surface area contributed by atoms with Gasteiger partial charge in [-0.25, -0.2) is 0 Å². The summed E-state index contributed by atoms with van der Waals surface area (Å²) in [6, 6.07) is 0. The Morgan fingerprint density at radius 3 is 3.22 bits per heavy atom. The summed E-state index contributed by atoms with van der Waals surface area (Å²) in [5.41, 5.74) is 0.828. The Morgan fingerprint density at radius 1 is 1.67 bits per heavy atom. The molecule has 1 unspecified atom stereocenters. The average Bonchev–Trinajstić information content (AvgIpc) is 2.86. The Labute approximate surface area is 119 Å². The molecule has 18 heavy (non-hydrogen) atoms. The number of rotatable bonds is 4. The molecule has 2 heterocycles. The molecule has 7 heteroatoms. The van der Waals surface area contributed by atoms with E-state index in [1.54, 1.807) is 0 Å². The largest absolute Gasteiger partial charge is 0.374 e. The van der Waals surface area contributed by atoms with Crippen molar-refractivity contribution in [2.24, 2.45) is 0 Å². The third kappa shape index (κ3) is 3.07. The molecule has 1 aromatic rings. The van der Waals surface area contributed by atoms with Crippen LogP contribution in [-0.4, -0.2) is 51.5 Å². The maximum Gasteiger partial charge on any atom is 0.267 e. The van der Waals surface area contributed by atoms with Crippen molar-refractivity contribution in [3.05, 3.63) is 10.6 Å². The van der Waals surface area contributed by atoms with Crippen LogP contribution in [0.15, 0.2) is 0 Å². The van der Waals surface area contributed by atoms with Gasteiger partial charge in [0.25, 0.3) is 5.91 Å². The molecule has 1 aromatic heterocycles. The Kier molecular flexibility index (Phi) is 5.08. The number of aromatic nitrogens is 2. The lowest BCUT2D eigenvalue weighted by molar-refractivity contribution is -0.00951. The monoisotopic (exact) mass is 333 g/mol. The lowest BCUT2D eigenvalue weighted by Crippen LogP contribution is -2.46.